The van der Waals surface area contributed by atoms with E-state index in [0.717, 1.165) is 11.1 Å². The largest absolute Gasteiger partial charge is 0.487 e. The van der Waals surface area contributed by atoms with Crippen LogP contribution in [0.15, 0.2) is 48.7 Å². The number of rotatable bonds is 6. The van der Waals surface area contributed by atoms with E-state index >= 15 is 0 Å². The number of amides is 2. The lowest BCUT2D eigenvalue weighted by atomic mass is 10.1. The van der Waals surface area contributed by atoms with E-state index in [0.29, 0.717) is 22.9 Å². The van der Waals surface area contributed by atoms with Crippen molar-refractivity contribution in [2.75, 3.05) is 5.32 Å². The summed E-state index contributed by atoms with van der Waals surface area (Å²) in [6.07, 6.45) is 1.38. The molecule has 0 saturated carbocycles. The van der Waals surface area contributed by atoms with Crippen molar-refractivity contribution in [1.29, 1.82) is 0 Å². The fourth-order valence-electron chi connectivity index (χ4n) is 2.65. The summed E-state index contributed by atoms with van der Waals surface area (Å²) in [5, 5.41) is 7.13. The summed E-state index contributed by atoms with van der Waals surface area (Å²) in [7, 11) is 1.57. The molecule has 0 spiro atoms. The van der Waals surface area contributed by atoms with E-state index < -0.39 is 5.91 Å². The van der Waals surface area contributed by atoms with Gasteiger partial charge < -0.3 is 15.8 Å². The zero-order valence-corrected chi connectivity index (χ0v) is 16.2. The monoisotopic (exact) mass is 398 g/mol. The minimum atomic E-state index is -0.669. The van der Waals surface area contributed by atoms with Crippen molar-refractivity contribution in [2.24, 2.45) is 12.8 Å². The highest BCUT2D eigenvalue weighted by atomic mass is 35.5. The fourth-order valence-corrected chi connectivity index (χ4v) is 2.82. The first-order valence-corrected chi connectivity index (χ1v) is 8.84. The predicted octanol–water partition coefficient (Wildman–Crippen LogP) is 3.31. The minimum absolute atomic E-state index is 0.133. The third kappa shape index (κ3) is 4.32. The summed E-state index contributed by atoms with van der Waals surface area (Å²) >= 11 is 6.13. The molecule has 2 aromatic carbocycles. The molecule has 0 radical (unpaired) electrons. The lowest BCUT2D eigenvalue weighted by Crippen LogP contribution is -2.20. The topological polar surface area (TPSA) is 99.2 Å². The Morgan fingerprint density at radius 3 is 2.61 bits per heavy atom. The summed E-state index contributed by atoms with van der Waals surface area (Å²) in [5.74, 6) is -0.429. The molecule has 1 heterocycles. The van der Waals surface area contributed by atoms with Gasteiger partial charge in [0.2, 0.25) is 0 Å². The number of hydrogen-bond donors (Lipinski definition) is 2. The number of primary amides is 1. The summed E-state index contributed by atoms with van der Waals surface area (Å²) in [4.78, 5) is 23.9. The van der Waals surface area contributed by atoms with Crippen molar-refractivity contribution >= 4 is 29.1 Å². The number of benzene rings is 2. The molecule has 0 fully saturated rings. The maximum absolute atomic E-state index is 12.4. The highest BCUT2D eigenvalue weighted by Gasteiger charge is 2.16. The second kappa shape index (κ2) is 8.14. The fraction of sp³-hybridized carbons (Fsp3) is 0.150. The van der Waals surface area contributed by atoms with Crippen LogP contribution in [0.25, 0.3) is 0 Å². The molecule has 2 amide bonds. The van der Waals surface area contributed by atoms with Gasteiger partial charge in [0, 0.05) is 12.6 Å². The van der Waals surface area contributed by atoms with Crippen LogP contribution < -0.4 is 15.8 Å². The number of anilines is 1. The first kappa shape index (κ1) is 19.4. The average molecular weight is 399 g/mol. The Hall–Kier alpha value is -3.32. The molecule has 8 heteroatoms. The molecular formula is C20H19ClN4O3. The summed E-state index contributed by atoms with van der Waals surface area (Å²) in [6.45, 7) is 2.28. The molecular weight excluding hydrogens is 380 g/mol. The van der Waals surface area contributed by atoms with Crippen molar-refractivity contribution in [3.05, 3.63) is 76.1 Å². The van der Waals surface area contributed by atoms with E-state index in [2.05, 4.69) is 10.4 Å². The Morgan fingerprint density at radius 1 is 1.21 bits per heavy atom. The van der Waals surface area contributed by atoms with Crippen LogP contribution in [-0.4, -0.2) is 21.6 Å². The number of halogens is 1. The van der Waals surface area contributed by atoms with Gasteiger partial charge in [0.25, 0.3) is 11.8 Å². The van der Waals surface area contributed by atoms with E-state index in [1.807, 2.05) is 19.1 Å². The van der Waals surface area contributed by atoms with Crippen LogP contribution in [0.3, 0.4) is 0 Å². The highest BCUT2D eigenvalue weighted by Crippen LogP contribution is 2.26. The lowest BCUT2D eigenvalue weighted by Gasteiger charge is -2.10. The van der Waals surface area contributed by atoms with Crippen LogP contribution in [0.5, 0.6) is 5.75 Å². The Bertz CT molecular complexity index is 1030. The van der Waals surface area contributed by atoms with Gasteiger partial charge in [-0.2, -0.15) is 5.10 Å². The van der Waals surface area contributed by atoms with E-state index in [-0.39, 0.29) is 17.3 Å². The average Bonchev–Trinajstić information content (AvgIpc) is 3.03. The summed E-state index contributed by atoms with van der Waals surface area (Å²) < 4.78 is 7.06. The van der Waals surface area contributed by atoms with E-state index in [1.165, 1.54) is 10.9 Å². The molecule has 3 aromatic rings. The van der Waals surface area contributed by atoms with E-state index in [1.54, 1.807) is 37.4 Å². The molecule has 0 bridgehead atoms. The Labute approximate surface area is 167 Å². The summed E-state index contributed by atoms with van der Waals surface area (Å²) in [5.41, 5.74) is 8.08. The van der Waals surface area contributed by atoms with E-state index in [9.17, 15) is 9.59 Å². The van der Waals surface area contributed by atoms with Gasteiger partial charge in [0.15, 0.2) is 0 Å². The van der Waals surface area contributed by atoms with Gasteiger partial charge in [-0.15, -0.1) is 0 Å². The molecule has 144 valence electrons. The van der Waals surface area contributed by atoms with Gasteiger partial charge in [-0.3, -0.25) is 14.3 Å². The second-order valence-electron chi connectivity index (χ2n) is 6.27. The molecule has 3 N–H and O–H groups in total. The number of hydrogen-bond acceptors (Lipinski definition) is 4. The number of nitrogens with one attached hydrogen (secondary N) is 1. The van der Waals surface area contributed by atoms with Crippen molar-refractivity contribution < 1.29 is 14.3 Å². The van der Waals surface area contributed by atoms with Crippen molar-refractivity contribution in [1.82, 2.24) is 9.78 Å². The van der Waals surface area contributed by atoms with Crippen LogP contribution in [-0.2, 0) is 13.7 Å². The molecule has 0 saturated heterocycles. The minimum Gasteiger partial charge on any atom is -0.487 e. The number of aromatic nitrogens is 2. The Morgan fingerprint density at radius 2 is 1.93 bits per heavy atom. The molecule has 0 aliphatic heterocycles. The molecule has 7 nitrogen and oxygen atoms in total. The molecule has 0 aliphatic rings. The van der Waals surface area contributed by atoms with Crippen molar-refractivity contribution in [2.45, 2.75) is 13.5 Å². The second-order valence-corrected chi connectivity index (χ2v) is 6.68. The molecule has 0 atom stereocenters. The number of nitrogens with two attached hydrogens (primary N) is 1. The number of aryl methyl sites for hydroxylation is 2. The van der Waals surface area contributed by atoms with Crippen molar-refractivity contribution in [3.8, 4) is 5.75 Å². The quantitative estimate of drug-likeness (QED) is 0.665. The van der Waals surface area contributed by atoms with Gasteiger partial charge in [-0.05, 0) is 42.3 Å². The molecule has 28 heavy (non-hydrogen) atoms. The third-order valence-electron chi connectivity index (χ3n) is 4.12. The Kier molecular flexibility index (Phi) is 5.65. The maximum atomic E-state index is 12.4. The Balaban J connectivity index is 1.66. The van der Waals surface area contributed by atoms with Gasteiger partial charge in [-0.1, -0.05) is 29.8 Å². The van der Waals surface area contributed by atoms with Crippen molar-refractivity contribution in [3.63, 3.8) is 0 Å². The number of carbonyl (C=O) groups excluding carboxylic acids is 2. The van der Waals surface area contributed by atoms with Gasteiger partial charge in [0.05, 0.1) is 16.9 Å². The molecule has 3 rings (SSSR count). The molecule has 0 aliphatic carbocycles. The lowest BCUT2D eigenvalue weighted by molar-refractivity contribution is 0.0992. The predicted molar refractivity (Wildman–Crippen MR) is 107 cm³/mol. The van der Waals surface area contributed by atoms with Crippen LogP contribution in [0.1, 0.15) is 32.0 Å². The zero-order valence-electron chi connectivity index (χ0n) is 15.4. The third-order valence-corrected chi connectivity index (χ3v) is 4.43. The van der Waals surface area contributed by atoms with Crippen LogP contribution >= 0.6 is 11.6 Å². The van der Waals surface area contributed by atoms with Gasteiger partial charge in [-0.25, -0.2) is 0 Å². The zero-order chi connectivity index (χ0) is 20.3. The molecule has 1 aromatic heterocycles. The van der Waals surface area contributed by atoms with Gasteiger partial charge >= 0.3 is 0 Å². The summed E-state index contributed by atoms with van der Waals surface area (Å²) in [6, 6.07) is 12.5. The maximum Gasteiger partial charge on any atom is 0.269 e. The smallest absolute Gasteiger partial charge is 0.269 e. The normalized spacial score (nSPS) is 10.5. The van der Waals surface area contributed by atoms with Gasteiger partial charge in [0.1, 0.15) is 18.1 Å². The standard InChI is InChI=1S/C20H19ClN4O3/c1-12-3-8-15(21)17(9-12)28-11-13-4-6-14(7-5-13)20(27)24-16-10-23-25(2)18(16)19(22)26/h3-10H,11H2,1-2H3,(H2,22,26)(H,24,27). The first-order chi connectivity index (χ1) is 13.3. The van der Waals surface area contributed by atoms with E-state index in [4.69, 9.17) is 22.1 Å². The molecule has 0 unspecified atom stereocenters. The first-order valence-electron chi connectivity index (χ1n) is 8.46. The van der Waals surface area contributed by atoms with Crippen LogP contribution in [0.2, 0.25) is 5.02 Å². The number of ether oxygens (including phenoxy) is 1. The number of nitrogens with zero attached hydrogens (tertiary/aromatic N) is 2. The van der Waals surface area contributed by atoms with Crippen LogP contribution in [0.4, 0.5) is 5.69 Å². The highest BCUT2D eigenvalue weighted by molar-refractivity contribution is 6.32. The van der Waals surface area contributed by atoms with Crippen LogP contribution in [0, 0.1) is 6.92 Å². The SMILES string of the molecule is Cc1ccc(Cl)c(OCc2ccc(C(=O)Nc3cnn(C)c3C(N)=O)cc2)c1. The number of carbonyl (C=O) groups is 2.